The quantitative estimate of drug-likeness (QED) is 0.606. The van der Waals surface area contributed by atoms with Crippen LogP contribution in [0, 0.1) is 12.7 Å². The highest BCUT2D eigenvalue weighted by molar-refractivity contribution is 7.10. The molecule has 2 heterocycles. The first-order chi connectivity index (χ1) is 12.6. The van der Waals surface area contributed by atoms with Crippen LogP contribution in [0.15, 0.2) is 28.6 Å². The number of ether oxygens (including phenoxy) is 1. The van der Waals surface area contributed by atoms with Crippen molar-refractivity contribution in [2.75, 3.05) is 6.54 Å². The summed E-state index contributed by atoms with van der Waals surface area (Å²) in [6.45, 7) is 8.45. The number of rotatable bonds is 2. The highest BCUT2D eigenvalue weighted by Gasteiger charge is 2.28. The number of amides is 1. The Hall–Kier alpha value is -2.41. The summed E-state index contributed by atoms with van der Waals surface area (Å²) >= 11 is 1.55. The van der Waals surface area contributed by atoms with Gasteiger partial charge < -0.3 is 15.4 Å². The molecule has 1 amide bonds. The van der Waals surface area contributed by atoms with Gasteiger partial charge in [-0.25, -0.2) is 14.2 Å². The van der Waals surface area contributed by atoms with E-state index in [4.69, 9.17) is 10.5 Å². The van der Waals surface area contributed by atoms with E-state index in [0.717, 1.165) is 21.6 Å². The monoisotopic (exact) mass is 389 g/mol. The van der Waals surface area contributed by atoms with Crippen LogP contribution < -0.4 is 5.73 Å². The van der Waals surface area contributed by atoms with Gasteiger partial charge in [0.15, 0.2) is 0 Å². The Morgan fingerprint density at radius 1 is 1.33 bits per heavy atom. The predicted molar refractivity (Wildman–Crippen MR) is 106 cm³/mol. The number of thiophene rings is 1. The number of halogens is 1. The van der Waals surface area contributed by atoms with E-state index in [1.165, 1.54) is 12.1 Å². The normalized spacial score (nSPS) is 14.9. The maximum Gasteiger partial charge on any atom is 0.410 e. The maximum atomic E-state index is 13.6. The van der Waals surface area contributed by atoms with Gasteiger partial charge in [-0.1, -0.05) is 0 Å². The van der Waals surface area contributed by atoms with E-state index in [9.17, 15) is 9.18 Å². The smallest absolute Gasteiger partial charge is 0.410 e. The molecule has 5 nitrogen and oxygen atoms in total. The fourth-order valence-corrected chi connectivity index (χ4v) is 4.11. The molecule has 0 saturated heterocycles. The van der Waals surface area contributed by atoms with Crippen molar-refractivity contribution in [3.8, 4) is 0 Å². The van der Waals surface area contributed by atoms with E-state index < -0.39 is 5.60 Å². The van der Waals surface area contributed by atoms with Crippen molar-refractivity contribution in [1.29, 1.82) is 0 Å². The molecule has 3 rings (SSSR count). The summed E-state index contributed by atoms with van der Waals surface area (Å²) in [6, 6.07) is 4.61. The molecular formula is C20H24FN3O2S. The van der Waals surface area contributed by atoms with E-state index in [0.29, 0.717) is 31.0 Å². The zero-order valence-electron chi connectivity index (χ0n) is 16.0. The minimum atomic E-state index is -0.516. The first-order valence-corrected chi connectivity index (χ1v) is 9.69. The van der Waals surface area contributed by atoms with Gasteiger partial charge in [0, 0.05) is 22.4 Å². The number of fused-ring (bicyclic) bond motifs is 1. The highest BCUT2D eigenvalue weighted by Crippen LogP contribution is 2.30. The number of benzene rings is 1. The van der Waals surface area contributed by atoms with Crippen LogP contribution in [0.3, 0.4) is 0 Å². The highest BCUT2D eigenvalue weighted by atomic mass is 32.1. The molecule has 7 heteroatoms. The third-order valence-electron chi connectivity index (χ3n) is 4.15. The molecule has 0 atom stereocenters. The van der Waals surface area contributed by atoms with Gasteiger partial charge in [0.2, 0.25) is 0 Å². The summed E-state index contributed by atoms with van der Waals surface area (Å²) < 4.78 is 19.0. The number of nitrogens with zero attached hydrogens (tertiary/aromatic N) is 2. The lowest BCUT2D eigenvalue weighted by molar-refractivity contribution is 0.0226. The molecule has 0 radical (unpaired) electrons. The Morgan fingerprint density at radius 3 is 2.74 bits per heavy atom. The van der Waals surface area contributed by atoms with E-state index in [1.807, 2.05) is 33.1 Å². The molecular weight excluding hydrogens is 365 g/mol. The van der Waals surface area contributed by atoms with Crippen LogP contribution in [0.25, 0.3) is 0 Å². The SMILES string of the molecule is Cc1cc(F)cc(N=C(N)c2csc3c2CCN(C(=O)OC(C)(C)C)C3)c1. The number of aryl methyl sites for hydroxylation is 1. The lowest BCUT2D eigenvalue weighted by atomic mass is 10.0. The largest absolute Gasteiger partial charge is 0.444 e. The number of nitrogens with two attached hydrogens (primary N) is 1. The van der Waals surface area contributed by atoms with Crippen LogP contribution >= 0.6 is 11.3 Å². The van der Waals surface area contributed by atoms with E-state index >= 15 is 0 Å². The molecule has 1 aromatic heterocycles. The maximum absolute atomic E-state index is 13.6. The number of carbonyl (C=O) groups is 1. The Morgan fingerprint density at radius 2 is 2.07 bits per heavy atom. The summed E-state index contributed by atoms with van der Waals surface area (Å²) in [7, 11) is 0. The Kier molecular flexibility index (Phi) is 5.24. The van der Waals surface area contributed by atoms with Gasteiger partial charge in [0.05, 0.1) is 12.2 Å². The molecule has 0 spiro atoms. The average molecular weight is 389 g/mol. The van der Waals surface area contributed by atoms with E-state index in [-0.39, 0.29) is 11.9 Å². The van der Waals surface area contributed by atoms with Gasteiger partial charge in [-0.15, -0.1) is 11.3 Å². The predicted octanol–water partition coefficient (Wildman–Crippen LogP) is 4.53. The molecule has 2 aromatic rings. The van der Waals surface area contributed by atoms with Gasteiger partial charge in [-0.2, -0.15) is 0 Å². The molecule has 0 unspecified atom stereocenters. The van der Waals surface area contributed by atoms with Crippen LogP contribution in [0.1, 0.15) is 42.3 Å². The van der Waals surface area contributed by atoms with Crippen molar-refractivity contribution in [3.63, 3.8) is 0 Å². The lowest BCUT2D eigenvalue weighted by Crippen LogP contribution is -2.39. The second-order valence-corrected chi connectivity index (χ2v) is 8.65. The van der Waals surface area contributed by atoms with Crippen LogP contribution in [-0.4, -0.2) is 29.0 Å². The second kappa shape index (κ2) is 7.31. The van der Waals surface area contributed by atoms with Gasteiger partial charge in [-0.3, -0.25) is 0 Å². The van der Waals surface area contributed by atoms with Gasteiger partial charge in [0.1, 0.15) is 17.3 Å². The molecule has 1 aliphatic heterocycles. The first-order valence-electron chi connectivity index (χ1n) is 8.81. The average Bonchev–Trinajstić information content (AvgIpc) is 2.95. The first kappa shape index (κ1) is 19.4. The number of aliphatic imine (C=N–C) groups is 1. The molecule has 0 saturated carbocycles. The van der Waals surface area contributed by atoms with E-state index in [1.54, 1.807) is 22.3 Å². The number of carbonyl (C=O) groups excluding carboxylic acids is 1. The van der Waals surface area contributed by atoms with Crippen LogP contribution in [0.4, 0.5) is 14.9 Å². The Bertz CT molecular complexity index is 879. The molecule has 1 aliphatic rings. The summed E-state index contributed by atoms with van der Waals surface area (Å²) in [5, 5.41) is 1.95. The van der Waals surface area contributed by atoms with Crippen molar-refractivity contribution < 1.29 is 13.9 Å². The van der Waals surface area contributed by atoms with Crippen LogP contribution in [-0.2, 0) is 17.7 Å². The number of hydrogen-bond donors (Lipinski definition) is 1. The molecule has 1 aromatic carbocycles. The van der Waals surface area contributed by atoms with Crippen molar-refractivity contribution in [3.05, 3.63) is 51.0 Å². The van der Waals surface area contributed by atoms with Gasteiger partial charge in [0.25, 0.3) is 0 Å². The summed E-state index contributed by atoms with van der Waals surface area (Å²) in [6.07, 6.45) is 0.381. The number of amidine groups is 1. The fourth-order valence-electron chi connectivity index (χ4n) is 3.01. The lowest BCUT2D eigenvalue weighted by Gasteiger charge is -2.30. The molecule has 0 fully saturated rings. The van der Waals surface area contributed by atoms with Crippen molar-refractivity contribution in [2.45, 2.75) is 46.3 Å². The molecule has 0 bridgehead atoms. The summed E-state index contributed by atoms with van der Waals surface area (Å²) in [5.74, 6) is 0.0325. The Balaban J connectivity index is 1.80. The topological polar surface area (TPSA) is 67.9 Å². The minimum absolute atomic E-state index is 0.306. The molecule has 144 valence electrons. The summed E-state index contributed by atoms with van der Waals surface area (Å²) in [4.78, 5) is 19.5. The third kappa shape index (κ3) is 4.66. The van der Waals surface area contributed by atoms with Crippen LogP contribution in [0.5, 0.6) is 0 Å². The second-order valence-electron chi connectivity index (χ2n) is 7.69. The Labute approximate surface area is 162 Å². The molecule has 2 N–H and O–H groups in total. The molecule has 0 aliphatic carbocycles. The molecule has 27 heavy (non-hydrogen) atoms. The van der Waals surface area contributed by atoms with Gasteiger partial charge in [-0.05, 0) is 63.4 Å². The van der Waals surface area contributed by atoms with Crippen molar-refractivity contribution >= 4 is 29.0 Å². The fraction of sp³-hybridized carbons (Fsp3) is 0.400. The zero-order valence-corrected chi connectivity index (χ0v) is 16.8. The summed E-state index contributed by atoms with van der Waals surface area (Å²) in [5.41, 5.74) is 8.94. The van der Waals surface area contributed by atoms with Gasteiger partial charge >= 0.3 is 6.09 Å². The van der Waals surface area contributed by atoms with E-state index in [2.05, 4.69) is 4.99 Å². The number of hydrogen-bond acceptors (Lipinski definition) is 4. The zero-order chi connectivity index (χ0) is 19.8. The third-order valence-corrected chi connectivity index (χ3v) is 5.16. The minimum Gasteiger partial charge on any atom is -0.444 e. The van der Waals surface area contributed by atoms with Crippen molar-refractivity contribution in [1.82, 2.24) is 4.90 Å². The van der Waals surface area contributed by atoms with Crippen molar-refractivity contribution in [2.24, 2.45) is 10.7 Å². The van der Waals surface area contributed by atoms with Crippen LogP contribution in [0.2, 0.25) is 0 Å². The standard InChI is InChI=1S/C20H24FN3O2S/c1-12-7-13(21)9-14(8-12)23-18(22)16-11-27-17-10-24(6-5-15(16)17)19(25)26-20(2,3)4/h7-9,11H,5-6,10H2,1-4H3,(H2,22,23).